The van der Waals surface area contributed by atoms with Crippen LogP contribution in [0.1, 0.15) is 30.4 Å². The van der Waals surface area contributed by atoms with Crippen molar-refractivity contribution < 1.29 is 4.74 Å². The second-order valence-electron chi connectivity index (χ2n) is 7.84. The second-order valence-corrected chi connectivity index (χ2v) is 7.84. The van der Waals surface area contributed by atoms with E-state index in [1.807, 2.05) is 18.2 Å². The summed E-state index contributed by atoms with van der Waals surface area (Å²) in [5.41, 5.74) is 4.10. The van der Waals surface area contributed by atoms with Gasteiger partial charge in [0, 0.05) is 43.0 Å². The Hall–Kier alpha value is -2.99. The number of fused-ring (bicyclic) bond motifs is 1. The summed E-state index contributed by atoms with van der Waals surface area (Å²) in [6.45, 7) is 2.31. The normalized spacial score (nSPS) is 17.2. The monoisotopic (exact) mass is 388 g/mol. The van der Waals surface area contributed by atoms with Crippen LogP contribution in [0.3, 0.4) is 0 Å². The Kier molecular flexibility index (Phi) is 4.86. The molecule has 3 aromatic rings. The Morgan fingerprint density at radius 3 is 2.55 bits per heavy atom. The summed E-state index contributed by atoms with van der Waals surface area (Å²) >= 11 is 0. The van der Waals surface area contributed by atoms with Crippen molar-refractivity contribution in [3.63, 3.8) is 0 Å². The average molecular weight is 388 g/mol. The van der Waals surface area contributed by atoms with Gasteiger partial charge in [0.15, 0.2) is 0 Å². The number of H-pyrrole nitrogens is 1. The van der Waals surface area contributed by atoms with Crippen molar-refractivity contribution in [1.29, 1.82) is 0 Å². The van der Waals surface area contributed by atoms with E-state index in [1.54, 1.807) is 12.3 Å². The van der Waals surface area contributed by atoms with Gasteiger partial charge in [0.2, 0.25) is 5.88 Å². The highest BCUT2D eigenvalue weighted by molar-refractivity contribution is 5.57. The van der Waals surface area contributed by atoms with Crippen LogP contribution in [0.25, 0.3) is 11.3 Å². The van der Waals surface area contributed by atoms with Gasteiger partial charge >= 0.3 is 0 Å². The highest BCUT2D eigenvalue weighted by Gasteiger charge is 2.26. The quantitative estimate of drug-likeness (QED) is 0.740. The number of hydrogen-bond acceptors (Lipinski definition) is 5. The fraction of sp³-hybridized carbons (Fsp3) is 0.348. The summed E-state index contributed by atoms with van der Waals surface area (Å²) in [6.07, 6.45) is 8.01. The first-order valence-electron chi connectivity index (χ1n) is 10.3. The zero-order chi connectivity index (χ0) is 19.6. The molecule has 1 fully saturated rings. The third-order valence-electron chi connectivity index (χ3n) is 6.04. The van der Waals surface area contributed by atoms with Gasteiger partial charge in [0.1, 0.15) is 5.75 Å². The Morgan fingerprint density at radius 1 is 1.00 bits per heavy atom. The number of nitrogens with zero attached hydrogens (tertiary/aromatic N) is 3. The van der Waals surface area contributed by atoms with E-state index in [0.717, 1.165) is 36.7 Å². The fourth-order valence-corrected chi connectivity index (χ4v) is 4.12. The van der Waals surface area contributed by atoms with Gasteiger partial charge in [-0.3, -0.25) is 9.69 Å². The molecule has 1 aliphatic carbocycles. The smallest absolute Gasteiger partial charge is 0.264 e. The largest absolute Gasteiger partial charge is 0.439 e. The summed E-state index contributed by atoms with van der Waals surface area (Å²) < 4.78 is 6.00. The van der Waals surface area contributed by atoms with E-state index in [0.29, 0.717) is 11.6 Å². The molecule has 3 heterocycles. The predicted molar refractivity (Wildman–Crippen MR) is 111 cm³/mol. The first-order valence-corrected chi connectivity index (χ1v) is 10.3. The molecule has 6 nitrogen and oxygen atoms in total. The van der Waals surface area contributed by atoms with Crippen LogP contribution in [0.2, 0.25) is 0 Å². The Morgan fingerprint density at radius 2 is 1.86 bits per heavy atom. The van der Waals surface area contributed by atoms with Crippen molar-refractivity contribution in [2.24, 2.45) is 0 Å². The van der Waals surface area contributed by atoms with Gasteiger partial charge < -0.3 is 4.74 Å². The molecule has 2 aromatic heterocycles. The zero-order valence-electron chi connectivity index (χ0n) is 16.3. The minimum atomic E-state index is -0.222. The lowest BCUT2D eigenvalue weighted by Crippen LogP contribution is -2.41. The van der Waals surface area contributed by atoms with Crippen LogP contribution < -0.4 is 10.3 Å². The molecule has 148 valence electrons. The molecular formula is C23H24N4O2. The van der Waals surface area contributed by atoms with Crippen molar-refractivity contribution in [3.05, 3.63) is 70.1 Å². The van der Waals surface area contributed by atoms with Gasteiger partial charge in [-0.1, -0.05) is 12.5 Å². The molecule has 1 N–H and O–H groups in total. The molecule has 0 atom stereocenters. The molecule has 0 spiro atoms. The first kappa shape index (κ1) is 18.1. The maximum atomic E-state index is 11.1. The van der Waals surface area contributed by atoms with Crippen molar-refractivity contribution in [3.8, 4) is 22.9 Å². The summed E-state index contributed by atoms with van der Waals surface area (Å²) in [6, 6.07) is 14.1. The molecule has 1 aliphatic heterocycles. The number of nitrogens with one attached hydrogen (secondary N) is 1. The van der Waals surface area contributed by atoms with Crippen molar-refractivity contribution in [1.82, 2.24) is 20.1 Å². The molecule has 5 rings (SSSR count). The van der Waals surface area contributed by atoms with Crippen LogP contribution in [0.4, 0.5) is 0 Å². The number of pyridine rings is 1. The maximum absolute atomic E-state index is 11.1. The van der Waals surface area contributed by atoms with E-state index < -0.39 is 0 Å². The average Bonchev–Trinajstić information content (AvgIpc) is 2.91. The topological polar surface area (TPSA) is 71.1 Å². The number of hydrogen-bond donors (Lipinski definition) is 1. The van der Waals surface area contributed by atoms with Gasteiger partial charge in [-0.2, -0.15) is 5.10 Å². The maximum Gasteiger partial charge on any atom is 0.264 e. The number of aromatic nitrogens is 3. The van der Waals surface area contributed by atoms with Crippen LogP contribution in [0, 0.1) is 0 Å². The van der Waals surface area contributed by atoms with Gasteiger partial charge in [0.05, 0.1) is 5.69 Å². The van der Waals surface area contributed by atoms with Crippen LogP contribution in [0.5, 0.6) is 11.6 Å². The minimum absolute atomic E-state index is 0.222. The molecule has 1 saturated carbocycles. The Balaban J connectivity index is 1.28. The van der Waals surface area contributed by atoms with Crippen LogP contribution in [0.15, 0.2) is 53.5 Å². The van der Waals surface area contributed by atoms with E-state index in [4.69, 9.17) is 4.74 Å². The third kappa shape index (κ3) is 3.93. The summed E-state index contributed by atoms with van der Waals surface area (Å²) in [5, 5.41) is 6.46. The molecule has 0 saturated heterocycles. The molecule has 6 heteroatoms. The minimum Gasteiger partial charge on any atom is -0.439 e. The summed E-state index contributed by atoms with van der Waals surface area (Å²) in [4.78, 5) is 18.2. The number of aromatic amines is 1. The molecule has 1 aromatic carbocycles. The van der Waals surface area contributed by atoms with Gasteiger partial charge in [0.25, 0.3) is 5.56 Å². The number of ether oxygens (including phenoxy) is 1. The van der Waals surface area contributed by atoms with Crippen LogP contribution in [-0.4, -0.2) is 39.2 Å². The lowest BCUT2D eigenvalue weighted by molar-refractivity contribution is 0.133. The second kappa shape index (κ2) is 7.79. The zero-order valence-corrected chi connectivity index (χ0v) is 16.3. The van der Waals surface area contributed by atoms with Crippen molar-refractivity contribution >= 4 is 0 Å². The number of benzene rings is 1. The van der Waals surface area contributed by atoms with Crippen LogP contribution >= 0.6 is 0 Å². The lowest BCUT2D eigenvalue weighted by atomic mass is 9.91. The van der Waals surface area contributed by atoms with E-state index >= 15 is 0 Å². The van der Waals surface area contributed by atoms with Gasteiger partial charge in [-0.15, -0.1) is 0 Å². The molecule has 29 heavy (non-hydrogen) atoms. The van der Waals surface area contributed by atoms with Crippen LogP contribution in [-0.2, 0) is 12.8 Å². The standard InChI is InChI=1S/C23H24N4O2/c28-22-8-7-21(25-26-22)18-5-9-23(24-15-18)29-20-6-4-16-10-12-27(19-2-1-3-19)13-11-17(16)14-20/h4-9,14-15,19H,1-3,10-13H2,(H,26,28). The van der Waals surface area contributed by atoms with Crippen molar-refractivity contribution in [2.45, 2.75) is 38.1 Å². The highest BCUT2D eigenvalue weighted by atomic mass is 16.5. The summed E-state index contributed by atoms with van der Waals surface area (Å²) in [5.74, 6) is 1.37. The molecule has 0 bridgehead atoms. The van der Waals surface area contributed by atoms with E-state index in [1.165, 1.54) is 43.0 Å². The SMILES string of the molecule is O=c1ccc(-c2ccc(Oc3ccc4c(c3)CCN(C3CCC3)CC4)nc2)n[nH]1. The lowest BCUT2D eigenvalue weighted by Gasteiger charge is -2.36. The van der Waals surface area contributed by atoms with E-state index in [-0.39, 0.29) is 5.56 Å². The number of rotatable bonds is 4. The van der Waals surface area contributed by atoms with Gasteiger partial charge in [-0.05, 0) is 61.1 Å². The highest BCUT2D eigenvalue weighted by Crippen LogP contribution is 2.30. The third-order valence-corrected chi connectivity index (χ3v) is 6.04. The first-order chi connectivity index (χ1) is 14.2. The van der Waals surface area contributed by atoms with E-state index in [9.17, 15) is 4.79 Å². The molecule has 0 radical (unpaired) electrons. The van der Waals surface area contributed by atoms with E-state index in [2.05, 4.69) is 32.2 Å². The fourth-order valence-electron chi connectivity index (χ4n) is 4.12. The molecular weight excluding hydrogens is 364 g/mol. The Bertz CT molecular complexity index is 1040. The molecule has 2 aliphatic rings. The van der Waals surface area contributed by atoms with Crippen molar-refractivity contribution in [2.75, 3.05) is 13.1 Å². The van der Waals surface area contributed by atoms with Gasteiger partial charge in [-0.25, -0.2) is 10.1 Å². The Labute approximate surface area is 169 Å². The molecule has 0 amide bonds. The summed E-state index contributed by atoms with van der Waals surface area (Å²) in [7, 11) is 0. The predicted octanol–water partition coefficient (Wildman–Crippen LogP) is 3.58. The molecule has 0 unspecified atom stereocenters.